The molecule has 112 valence electrons. The van der Waals surface area contributed by atoms with E-state index in [1.165, 1.54) is 19.3 Å². The van der Waals surface area contributed by atoms with Gasteiger partial charge in [-0.3, -0.25) is 0 Å². The summed E-state index contributed by atoms with van der Waals surface area (Å²) in [4.78, 5) is 11.7. The van der Waals surface area contributed by atoms with Crippen LogP contribution in [0.15, 0.2) is 6.07 Å². The number of aromatic nitrogens is 2. The number of nitrogens with two attached hydrogens (primary N) is 1. The molecular formula is C16H28N4. The quantitative estimate of drug-likeness (QED) is 0.918. The Morgan fingerprint density at radius 2 is 2.15 bits per heavy atom. The molecule has 0 amide bonds. The minimum absolute atomic E-state index is 0.359. The van der Waals surface area contributed by atoms with Gasteiger partial charge in [0, 0.05) is 36.8 Å². The smallest absolute Gasteiger partial charge is 0.133 e. The summed E-state index contributed by atoms with van der Waals surface area (Å²) < 4.78 is 0. The lowest BCUT2D eigenvalue weighted by molar-refractivity contribution is 0.334. The minimum atomic E-state index is 0.359. The molecule has 0 bridgehead atoms. The number of hydrogen-bond donors (Lipinski definition) is 1. The molecule has 2 heterocycles. The molecule has 0 spiro atoms. The molecule has 2 unspecified atom stereocenters. The molecule has 1 aliphatic heterocycles. The zero-order chi connectivity index (χ0) is 14.7. The molecule has 2 N–H and O–H groups in total. The van der Waals surface area contributed by atoms with E-state index < -0.39 is 0 Å². The van der Waals surface area contributed by atoms with Gasteiger partial charge in [-0.25, -0.2) is 9.97 Å². The number of rotatable bonds is 4. The average Bonchev–Trinajstić information content (AvgIpc) is 2.45. The molecule has 0 radical (unpaired) electrons. The van der Waals surface area contributed by atoms with Gasteiger partial charge >= 0.3 is 0 Å². The maximum atomic E-state index is 6.00. The Morgan fingerprint density at radius 1 is 1.40 bits per heavy atom. The van der Waals surface area contributed by atoms with E-state index in [1.807, 2.05) is 6.92 Å². The van der Waals surface area contributed by atoms with Crippen LogP contribution in [0.5, 0.6) is 0 Å². The number of hydrogen-bond acceptors (Lipinski definition) is 4. The van der Waals surface area contributed by atoms with Gasteiger partial charge in [-0.05, 0) is 25.7 Å². The third-order valence-corrected chi connectivity index (χ3v) is 4.34. The highest BCUT2D eigenvalue weighted by Gasteiger charge is 2.28. The van der Waals surface area contributed by atoms with Crippen LogP contribution >= 0.6 is 0 Å². The predicted molar refractivity (Wildman–Crippen MR) is 84.1 cm³/mol. The summed E-state index contributed by atoms with van der Waals surface area (Å²) in [5, 5.41) is 0. The van der Waals surface area contributed by atoms with Crippen molar-refractivity contribution in [2.75, 3.05) is 18.0 Å². The van der Waals surface area contributed by atoms with Crippen LogP contribution in [-0.2, 0) is 0 Å². The van der Waals surface area contributed by atoms with E-state index in [0.29, 0.717) is 18.5 Å². The van der Waals surface area contributed by atoms with Crippen LogP contribution in [0.4, 0.5) is 5.82 Å². The summed E-state index contributed by atoms with van der Waals surface area (Å²) in [6.45, 7) is 10.4. The van der Waals surface area contributed by atoms with Gasteiger partial charge in [0.15, 0.2) is 0 Å². The number of piperidine rings is 1. The topological polar surface area (TPSA) is 55.0 Å². The lowest BCUT2D eigenvalue weighted by Gasteiger charge is -2.39. The standard InChI is InChI=1S/C16H28N4/c1-5-13-6-7-20(14(9-13)10-17)15-8-12(4)18-16(19-15)11(2)3/h8,11,13-14H,5-7,9-10,17H2,1-4H3. The molecule has 1 aromatic heterocycles. The third kappa shape index (κ3) is 3.29. The van der Waals surface area contributed by atoms with Gasteiger partial charge in [0.25, 0.3) is 0 Å². The SMILES string of the molecule is CCC1CCN(c2cc(C)nc(C(C)C)n2)C(CN)C1. The lowest BCUT2D eigenvalue weighted by atomic mass is 9.89. The van der Waals surface area contributed by atoms with Crippen molar-refractivity contribution in [3.8, 4) is 0 Å². The maximum Gasteiger partial charge on any atom is 0.133 e. The number of aryl methyl sites for hydroxylation is 1. The molecule has 20 heavy (non-hydrogen) atoms. The van der Waals surface area contributed by atoms with E-state index >= 15 is 0 Å². The fourth-order valence-electron chi connectivity index (χ4n) is 3.01. The summed E-state index contributed by atoms with van der Waals surface area (Å²) in [5.74, 6) is 3.17. The van der Waals surface area contributed by atoms with Crippen LogP contribution in [0.2, 0.25) is 0 Å². The summed E-state index contributed by atoms with van der Waals surface area (Å²) in [6.07, 6.45) is 3.69. The Balaban J connectivity index is 2.25. The van der Waals surface area contributed by atoms with E-state index in [4.69, 9.17) is 10.7 Å². The molecule has 2 atom stereocenters. The van der Waals surface area contributed by atoms with E-state index in [2.05, 4.69) is 36.7 Å². The zero-order valence-corrected chi connectivity index (χ0v) is 13.3. The first-order valence-electron chi connectivity index (χ1n) is 7.87. The highest BCUT2D eigenvalue weighted by Crippen LogP contribution is 2.29. The van der Waals surface area contributed by atoms with Crippen molar-refractivity contribution in [3.63, 3.8) is 0 Å². The van der Waals surface area contributed by atoms with E-state index in [9.17, 15) is 0 Å². The highest BCUT2D eigenvalue weighted by molar-refractivity contribution is 5.42. The van der Waals surface area contributed by atoms with E-state index in [-0.39, 0.29) is 0 Å². The Labute approximate surface area is 122 Å². The van der Waals surface area contributed by atoms with Gasteiger partial charge in [-0.15, -0.1) is 0 Å². The molecule has 4 nitrogen and oxygen atoms in total. The van der Waals surface area contributed by atoms with Crippen LogP contribution in [0.25, 0.3) is 0 Å². The van der Waals surface area contributed by atoms with Crippen molar-refractivity contribution < 1.29 is 0 Å². The van der Waals surface area contributed by atoms with Crippen molar-refractivity contribution in [2.45, 2.75) is 58.9 Å². The molecule has 1 saturated heterocycles. The summed E-state index contributed by atoms with van der Waals surface area (Å²) in [5.41, 5.74) is 7.05. The van der Waals surface area contributed by atoms with Gasteiger partial charge in [0.2, 0.25) is 0 Å². The largest absolute Gasteiger partial charge is 0.352 e. The monoisotopic (exact) mass is 276 g/mol. The molecule has 1 fully saturated rings. The lowest BCUT2D eigenvalue weighted by Crippen LogP contribution is -2.47. The zero-order valence-electron chi connectivity index (χ0n) is 13.3. The van der Waals surface area contributed by atoms with Gasteiger partial charge in [-0.1, -0.05) is 27.2 Å². The highest BCUT2D eigenvalue weighted by atomic mass is 15.2. The molecule has 0 aliphatic carbocycles. The Kier molecular flexibility index (Phi) is 4.97. The first kappa shape index (κ1) is 15.2. The number of anilines is 1. The Hall–Kier alpha value is -1.16. The van der Waals surface area contributed by atoms with Gasteiger partial charge in [0.05, 0.1) is 0 Å². The molecule has 1 aliphatic rings. The molecule has 1 aromatic rings. The van der Waals surface area contributed by atoms with Crippen LogP contribution in [0.1, 0.15) is 57.5 Å². The van der Waals surface area contributed by atoms with Crippen LogP contribution < -0.4 is 10.6 Å². The van der Waals surface area contributed by atoms with Crippen LogP contribution in [-0.4, -0.2) is 29.1 Å². The second-order valence-electron chi connectivity index (χ2n) is 6.26. The summed E-state index contributed by atoms with van der Waals surface area (Å²) in [7, 11) is 0. The molecule has 2 rings (SSSR count). The normalized spacial score (nSPS) is 23.4. The van der Waals surface area contributed by atoms with Crippen LogP contribution in [0.3, 0.4) is 0 Å². The fourth-order valence-corrected chi connectivity index (χ4v) is 3.01. The maximum absolute atomic E-state index is 6.00. The molecule has 4 heteroatoms. The van der Waals surface area contributed by atoms with E-state index in [1.54, 1.807) is 0 Å². The van der Waals surface area contributed by atoms with Crippen molar-refractivity contribution in [1.29, 1.82) is 0 Å². The second-order valence-corrected chi connectivity index (χ2v) is 6.26. The first-order chi connectivity index (χ1) is 9.55. The predicted octanol–water partition coefficient (Wildman–Crippen LogP) is 2.86. The van der Waals surface area contributed by atoms with E-state index in [0.717, 1.165) is 29.8 Å². The second kappa shape index (κ2) is 6.53. The molecular weight excluding hydrogens is 248 g/mol. The Morgan fingerprint density at radius 3 is 2.75 bits per heavy atom. The summed E-state index contributed by atoms with van der Waals surface area (Å²) >= 11 is 0. The van der Waals surface area contributed by atoms with Crippen LogP contribution in [0, 0.1) is 12.8 Å². The Bertz CT molecular complexity index is 444. The van der Waals surface area contributed by atoms with Gasteiger partial charge < -0.3 is 10.6 Å². The third-order valence-electron chi connectivity index (χ3n) is 4.34. The molecule has 0 aromatic carbocycles. The average molecular weight is 276 g/mol. The number of nitrogens with zero attached hydrogens (tertiary/aromatic N) is 3. The fraction of sp³-hybridized carbons (Fsp3) is 0.750. The minimum Gasteiger partial charge on any atom is -0.352 e. The first-order valence-corrected chi connectivity index (χ1v) is 7.87. The van der Waals surface area contributed by atoms with Gasteiger partial charge in [-0.2, -0.15) is 0 Å². The van der Waals surface area contributed by atoms with Crippen molar-refractivity contribution in [1.82, 2.24) is 9.97 Å². The van der Waals surface area contributed by atoms with Crippen molar-refractivity contribution >= 4 is 5.82 Å². The van der Waals surface area contributed by atoms with Crippen molar-refractivity contribution in [2.24, 2.45) is 11.7 Å². The van der Waals surface area contributed by atoms with Gasteiger partial charge in [0.1, 0.15) is 11.6 Å². The van der Waals surface area contributed by atoms with Crippen molar-refractivity contribution in [3.05, 3.63) is 17.6 Å². The molecule has 0 saturated carbocycles. The summed E-state index contributed by atoms with van der Waals surface area (Å²) in [6, 6.07) is 2.52.